The minimum Gasteiger partial charge on any atom is -0.493 e. The number of fused-ring (bicyclic) bond motifs is 1. The molecule has 1 aliphatic carbocycles. The summed E-state index contributed by atoms with van der Waals surface area (Å²) in [6.07, 6.45) is 6.09. The SMILES string of the molecule is CCC(C)c1ccc(OCC2CCC(COc3cccc4ccccc34)CC2)cc1. The third kappa shape index (κ3) is 5.16. The van der Waals surface area contributed by atoms with Crippen molar-refractivity contribution in [3.05, 3.63) is 72.3 Å². The number of rotatable bonds is 8. The summed E-state index contributed by atoms with van der Waals surface area (Å²) in [6, 6.07) is 23.5. The quantitative estimate of drug-likeness (QED) is 0.386. The topological polar surface area (TPSA) is 18.5 Å². The molecule has 0 heterocycles. The van der Waals surface area contributed by atoms with Crippen LogP contribution < -0.4 is 9.47 Å². The van der Waals surface area contributed by atoms with Crippen LogP contribution in [0.15, 0.2) is 66.7 Å². The van der Waals surface area contributed by atoms with Crippen molar-refractivity contribution in [3.8, 4) is 11.5 Å². The largest absolute Gasteiger partial charge is 0.493 e. The molecular formula is C28H34O2. The van der Waals surface area contributed by atoms with E-state index in [9.17, 15) is 0 Å². The molecule has 1 fully saturated rings. The minimum atomic E-state index is 0.616. The second-order valence-corrected chi connectivity index (χ2v) is 8.86. The van der Waals surface area contributed by atoms with Crippen molar-refractivity contribution in [2.45, 2.75) is 51.9 Å². The van der Waals surface area contributed by atoms with Gasteiger partial charge in [-0.25, -0.2) is 0 Å². The first kappa shape index (κ1) is 20.8. The van der Waals surface area contributed by atoms with Gasteiger partial charge < -0.3 is 9.47 Å². The monoisotopic (exact) mass is 402 g/mol. The van der Waals surface area contributed by atoms with Crippen molar-refractivity contribution < 1.29 is 9.47 Å². The van der Waals surface area contributed by atoms with Gasteiger partial charge in [-0.15, -0.1) is 0 Å². The molecule has 0 spiro atoms. The molecule has 2 heteroatoms. The highest BCUT2D eigenvalue weighted by molar-refractivity contribution is 5.88. The normalized spacial score (nSPS) is 20.1. The lowest BCUT2D eigenvalue weighted by Crippen LogP contribution is -2.23. The van der Waals surface area contributed by atoms with Gasteiger partial charge in [-0.1, -0.05) is 62.4 Å². The maximum absolute atomic E-state index is 6.23. The first-order valence-electron chi connectivity index (χ1n) is 11.6. The second kappa shape index (κ2) is 10.0. The van der Waals surface area contributed by atoms with Gasteiger partial charge in [-0.05, 0) is 79.0 Å². The van der Waals surface area contributed by atoms with Crippen LogP contribution in [0.4, 0.5) is 0 Å². The van der Waals surface area contributed by atoms with Crippen LogP contribution in [0, 0.1) is 11.8 Å². The Hall–Kier alpha value is -2.48. The molecule has 3 aromatic rings. The van der Waals surface area contributed by atoms with Crippen LogP contribution in [0.25, 0.3) is 10.8 Å². The van der Waals surface area contributed by atoms with E-state index >= 15 is 0 Å². The van der Waals surface area contributed by atoms with Crippen LogP contribution in [0.3, 0.4) is 0 Å². The van der Waals surface area contributed by atoms with Crippen LogP contribution >= 0.6 is 0 Å². The lowest BCUT2D eigenvalue weighted by atomic mass is 9.83. The van der Waals surface area contributed by atoms with Gasteiger partial charge in [0.25, 0.3) is 0 Å². The lowest BCUT2D eigenvalue weighted by Gasteiger charge is -2.28. The maximum Gasteiger partial charge on any atom is 0.127 e. The predicted molar refractivity (Wildman–Crippen MR) is 126 cm³/mol. The number of ether oxygens (including phenoxy) is 2. The van der Waals surface area contributed by atoms with E-state index in [1.54, 1.807) is 0 Å². The molecular weight excluding hydrogens is 368 g/mol. The van der Waals surface area contributed by atoms with E-state index in [2.05, 4.69) is 80.6 Å². The molecule has 1 saturated carbocycles. The molecule has 0 amide bonds. The van der Waals surface area contributed by atoms with Crippen molar-refractivity contribution in [2.75, 3.05) is 13.2 Å². The molecule has 1 atom stereocenters. The Morgan fingerprint density at radius 2 is 1.40 bits per heavy atom. The Bertz CT molecular complexity index is 918. The average Bonchev–Trinajstić information content (AvgIpc) is 2.82. The van der Waals surface area contributed by atoms with E-state index < -0.39 is 0 Å². The summed E-state index contributed by atoms with van der Waals surface area (Å²) in [7, 11) is 0. The second-order valence-electron chi connectivity index (χ2n) is 8.86. The van der Waals surface area contributed by atoms with Gasteiger partial charge in [0.1, 0.15) is 11.5 Å². The van der Waals surface area contributed by atoms with Gasteiger partial charge in [-0.3, -0.25) is 0 Å². The molecule has 0 bridgehead atoms. The summed E-state index contributed by atoms with van der Waals surface area (Å²) < 4.78 is 12.3. The Labute approximate surface area is 181 Å². The minimum absolute atomic E-state index is 0.616. The van der Waals surface area contributed by atoms with Gasteiger partial charge in [0.05, 0.1) is 13.2 Å². The summed E-state index contributed by atoms with van der Waals surface area (Å²) in [6.45, 7) is 6.16. The summed E-state index contributed by atoms with van der Waals surface area (Å²) in [4.78, 5) is 0. The Balaban J connectivity index is 1.21. The standard InChI is InChI=1S/C28H34O2/c1-3-21(2)24-15-17-26(18-16-24)29-19-22-11-13-23(14-12-22)20-30-28-10-6-8-25-7-4-5-9-27(25)28/h4-10,15-18,21-23H,3,11-14,19-20H2,1-2H3. The zero-order valence-corrected chi connectivity index (χ0v) is 18.3. The molecule has 0 saturated heterocycles. The zero-order chi connectivity index (χ0) is 20.8. The fraction of sp³-hybridized carbons (Fsp3) is 0.429. The smallest absolute Gasteiger partial charge is 0.127 e. The van der Waals surface area contributed by atoms with Crippen LogP contribution in [0.1, 0.15) is 57.4 Å². The number of hydrogen-bond donors (Lipinski definition) is 0. The molecule has 3 aromatic carbocycles. The van der Waals surface area contributed by atoms with Crippen molar-refractivity contribution >= 4 is 10.8 Å². The molecule has 2 nitrogen and oxygen atoms in total. The zero-order valence-electron chi connectivity index (χ0n) is 18.3. The third-order valence-corrected chi connectivity index (χ3v) is 6.74. The van der Waals surface area contributed by atoms with Crippen molar-refractivity contribution in [1.82, 2.24) is 0 Å². The van der Waals surface area contributed by atoms with E-state index in [0.717, 1.165) is 24.7 Å². The summed E-state index contributed by atoms with van der Waals surface area (Å²) in [5.74, 6) is 3.94. The molecule has 158 valence electrons. The maximum atomic E-state index is 6.23. The number of benzene rings is 3. The van der Waals surface area contributed by atoms with E-state index in [1.807, 2.05) is 0 Å². The molecule has 4 rings (SSSR count). The Kier molecular flexibility index (Phi) is 6.94. The van der Waals surface area contributed by atoms with Crippen molar-refractivity contribution in [3.63, 3.8) is 0 Å². The molecule has 0 aliphatic heterocycles. The van der Waals surface area contributed by atoms with Crippen LogP contribution in [-0.2, 0) is 0 Å². The predicted octanol–water partition coefficient (Wildman–Crippen LogP) is 7.62. The Morgan fingerprint density at radius 1 is 0.767 bits per heavy atom. The fourth-order valence-corrected chi connectivity index (χ4v) is 4.44. The molecule has 1 aliphatic rings. The van der Waals surface area contributed by atoms with E-state index in [-0.39, 0.29) is 0 Å². The van der Waals surface area contributed by atoms with Crippen LogP contribution in [0.2, 0.25) is 0 Å². The first-order chi connectivity index (χ1) is 14.7. The molecule has 0 aromatic heterocycles. The first-order valence-corrected chi connectivity index (χ1v) is 11.6. The molecule has 1 unspecified atom stereocenters. The Morgan fingerprint density at radius 3 is 2.10 bits per heavy atom. The van der Waals surface area contributed by atoms with Gasteiger partial charge >= 0.3 is 0 Å². The third-order valence-electron chi connectivity index (χ3n) is 6.74. The number of hydrogen-bond acceptors (Lipinski definition) is 2. The molecule has 30 heavy (non-hydrogen) atoms. The van der Waals surface area contributed by atoms with Gasteiger partial charge in [0.15, 0.2) is 0 Å². The highest BCUT2D eigenvalue weighted by atomic mass is 16.5. The van der Waals surface area contributed by atoms with E-state index in [4.69, 9.17) is 9.47 Å². The summed E-state index contributed by atoms with van der Waals surface area (Å²) in [5, 5.41) is 2.45. The van der Waals surface area contributed by atoms with Crippen molar-refractivity contribution in [2.24, 2.45) is 11.8 Å². The molecule has 0 radical (unpaired) electrons. The highest BCUT2D eigenvalue weighted by Crippen LogP contribution is 2.32. The molecule has 0 N–H and O–H groups in total. The highest BCUT2D eigenvalue weighted by Gasteiger charge is 2.22. The van der Waals surface area contributed by atoms with Crippen molar-refractivity contribution in [1.29, 1.82) is 0 Å². The van der Waals surface area contributed by atoms with Gasteiger partial charge in [0.2, 0.25) is 0 Å². The van der Waals surface area contributed by atoms with Gasteiger partial charge in [0, 0.05) is 5.39 Å². The van der Waals surface area contributed by atoms with Crippen LogP contribution in [-0.4, -0.2) is 13.2 Å². The summed E-state index contributed by atoms with van der Waals surface area (Å²) >= 11 is 0. The summed E-state index contributed by atoms with van der Waals surface area (Å²) in [5.41, 5.74) is 1.40. The van der Waals surface area contributed by atoms with Gasteiger partial charge in [-0.2, -0.15) is 0 Å². The van der Waals surface area contributed by atoms with E-state index in [0.29, 0.717) is 17.8 Å². The van der Waals surface area contributed by atoms with Crippen LogP contribution in [0.5, 0.6) is 11.5 Å². The average molecular weight is 403 g/mol. The van der Waals surface area contributed by atoms with E-state index in [1.165, 1.54) is 48.4 Å². The lowest BCUT2D eigenvalue weighted by molar-refractivity contribution is 0.149. The fourth-order valence-electron chi connectivity index (χ4n) is 4.44.